The molecule has 0 unspecified atom stereocenters. The molecule has 0 aromatic heterocycles. The van der Waals surface area contributed by atoms with Crippen LogP contribution in [-0.2, 0) is 25.7 Å². The molecular weight excluding hydrogens is 348 g/mol. The van der Waals surface area contributed by atoms with Crippen molar-refractivity contribution in [3.05, 3.63) is 94.5 Å². The van der Waals surface area contributed by atoms with Crippen LogP contribution in [0.25, 0.3) is 21.5 Å². The fourth-order valence-corrected chi connectivity index (χ4v) is 4.82. The summed E-state index contributed by atoms with van der Waals surface area (Å²) < 4.78 is 0. The topological polar surface area (TPSA) is 17.1 Å². The molecule has 0 amide bonds. The minimum absolute atomic E-state index is 0.148. The number of benzene rings is 4. The zero-order valence-electron chi connectivity index (χ0n) is 15.0. The molecule has 4 aromatic rings. The first-order chi connectivity index (χ1) is 13.2. The van der Waals surface area contributed by atoms with Gasteiger partial charge in [0, 0.05) is 5.56 Å². The first-order valence-electron chi connectivity index (χ1n) is 9.48. The van der Waals surface area contributed by atoms with Crippen molar-refractivity contribution >= 4 is 39.3 Å². The van der Waals surface area contributed by atoms with Gasteiger partial charge in [-0.15, -0.1) is 12.6 Å². The molecule has 0 spiro atoms. The van der Waals surface area contributed by atoms with Crippen LogP contribution in [-0.4, -0.2) is 5.12 Å². The van der Waals surface area contributed by atoms with E-state index in [-0.39, 0.29) is 5.12 Å². The van der Waals surface area contributed by atoms with Crippen LogP contribution in [0.1, 0.15) is 32.6 Å². The van der Waals surface area contributed by atoms with Gasteiger partial charge in [-0.05, 0) is 75.5 Å². The van der Waals surface area contributed by atoms with Crippen LogP contribution in [0.5, 0.6) is 0 Å². The van der Waals surface area contributed by atoms with Gasteiger partial charge in [0.1, 0.15) is 0 Å². The molecule has 132 valence electrons. The van der Waals surface area contributed by atoms with Gasteiger partial charge < -0.3 is 0 Å². The van der Waals surface area contributed by atoms with Gasteiger partial charge in [0.25, 0.3) is 0 Å². The highest BCUT2D eigenvalue weighted by Crippen LogP contribution is 2.33. The fraction of sp³-hybridized carbons (Fsp3) is 0.160. The Labute approximate surface area is 164 Å². The van der Waals surface area contributed by atoms with Crippen molar-refractivity contribution in [3.8, 4) is 0 Å². The van der Waals surface area contributed by atoms with Crippen LogP contribution >= 0.6 is 12.6 Å². The second kappa shape index (κ2) is 6.54. The lowest BCUT2D eigenvalue weighted by atomic mass is 10.0. The van der Waals surface area contributed by atoms with Gasteiger partial charge >= 0.3 is 0 Å². The highest BCUT2D eigenvalue weighted by molar-refractivity contribution is 7.97. The Morgan fingerprint density at radius 1 is 0.630 bits per heavy atom. The number of carbonyl (C=O) groups is 1. The van der Waals surface area contributed by atoms with Gasteiger partial charge in [-0.1, -0.05) is 60.7 Å². The van der Waals surface area contributed by atoms with Gasteiger partial charge in [0.15, 0.2) is 0 Å². The van der Waals surface area contributed by atoms with Crippen LogP contribution in [0.2, 0.25) is 0 Å². The number of thiol groups is 1. The molecule has 0 atom stereocenters. The number of carbonyl (C=O) groups excluding carboxylic acids is 1. The summed E-state index contributed by atoms with van der Waals surface area (Å²) in [6.45, 7) is 0. The van der Waals surface area contributed by atoms with Crippen molar-refractivity contribution in [1.82, 2.24) is 0 Å². The first-order valence-corrected chi connectivity index (χ1v) is 9.93. The highest BCUT2D eigenvalue weighted by atomic mass is 32.1. The molecule has 2 aliphatic rings. The zero-order chi connectivity index (χ0) is 18.4. The maximum absolute atomic E-state index is 11.4. The van der Waals surface area contributed by atoms with E-state index in [1.807, 2.05) is 18.2 Å². The SMILES string of the molecule is O=C(S)c1ccc2c3c(cccc13)CC2.c1cc2c3c(cccc3c1)CC2. The van der Waals surface area contributed by atoms with E-state index >= 15 is 0 Å². The van der Waals surface area contributed by atoms with E-state index in [9.17, 15) is 4.79 Å². The molecule has 2 heteroatoms. The van der Waals surface area contributed by atoms with E-state index in [4.69, 9.17) is 0 Å². The molecule has 0 fully saturated rings. The largest absolute Gasteiger partial charge is 0.282 e. The van der Waals surface area contributed by atoms with Crippen molar-refractivity contribution in [2.45, 2.75) is 25.7 Å². The standard InChI is InChI=1S/C13H10OS.C12H10/c14-13(15)11-7-6-9-5-4-8-2-1-3-10(11)12(8)9;1-3-9-4-2-6-11-8-7-10(5-1)12(9)11/h1-3,6-7H,4-5H2,(H,14,15);1-6H,7-8H2. The predicted octanol–water partition coefficient (Wildman–Crippen LogP) is 5.95. The normalized spacial score (nSPS) is 13.7. The minimum atomic E-state index is -0.148. The lowest BCUT2D eigenvalue weighted by molar-refractivity contribution is 0.109. The van der Waals surface area contributed by atoms with Gasteiger partial charge in [0.2, 0.25) is 5.12 Å². The summed E-state index contributed by atoms with van der Waals surface area (Å²) in [6, 6.07) is 23.3. The fourth-order valence-electron chi connectivity index (χ4n) is 4.62. The maximum atomic E-state index is 11.4. The van der Waals surface area contributed by atoms with Gasteiger partial charge in [-0.25, -0.2) is 0 Å². The van der Waals surface area contributed by atoms with Crippen LogP contribution in [0, 0.1) is 0 Å². The van der Waals surface area contributed by atoms with Crippen molar-refractivity contribution < 1.29 is 4.79 Å². The molecule has 0 radical (unpaired) electrons. The number of aryl methyl sites for hydroxylation is 4. The second-order valence-electron chi connectivity index (χ2n) is 7.35. The summed E-state index contributed by atoms with van der Waals surface area (Å²) in [4.78, 5) is 11.4. The lowest BCUT2D eigenvalue weighted by Gasteiger charge is -2.05. The first kappa shape index (κ1) is 16.6. The Hall–Kier alpha value is -2.58. The second-order valence-corrected chi connectivity index (χ2v) is 7.76. The molecule has 0 saturated heterocycles. The van der Waals surface area contributed by atoms with E-state index in [1.165, 1.54) is 51.3 Å². The molecular formula is C25H20OS. The Balaban J connectivity index is 0.000000121. The van der Waals surface area contributed by atoms with E-state index in [0.717, 1.165) is 23.8 Å². The van der Waals surface area contributed by atoms with E-state index in [0.29, 0.717) is 0 Å². The maximum Gasteiger partial charge on any atom is 0.216 e. The summed E-state index contributed by atoms with van der Waals surface area (Å²) >= 11 is 3.91. The smallest absolute Gasteiger partial charge is 0.216 e. The van der Waals surface area contributed by atoms with Crippen LogP contribution < -0.4 is 0 Å². The minimum Gasteiger partial charge on any atom is -0.282 e. The summed E-state index contributed by atoms with van der Waals surface area (Å²) in [5.41, 5.74) is 6.50. The molecule has 0 N–H and O–H groups in total. The zero-order valence-corrected chi connectivity index (χ0v) is 15.9. The Bertz CT molecular complexity index is 1160. The third-order valence-corrected chi connectivity index (χ3v) is 6.09. The molecule has 6 rings (SSSR count). The van der Waals surface area contributed by atoms with Crippen LogP contribution in [0.4, 0.5) is 0 Å². The number of rotatable bonds is 1. The Morgan fingerprint density at radius 2 is 1.15 bits per heavy atom. The summed E-state index contributed by atoms with van der Waals surface area (Å²) in [5.74, 6) is 0. The average Bonchev–Trinajstić information content (AvgIpc) is 3.30. The van der Waals surface area contributed by atoms with Crippen molar-refractivity contribution in [2.75, 3.05) is 0 Å². The molecule has 27 heavy (non-hydrogen) atoms. The number of hydrogen-bond donors (Lipinski definition) is 1. The van der Waals surface area contributed by atoms with E-state index in [1.54, 1.807) is 0 Å². The predicted molar refractivity (Wildman–Crippen MR) is 116 cm³/mol. The molecule has 0 saturated carbocycles. The highest BCUT2D eigenvalue weighted by Gasteiger charge is 2.17. The molecule has 0 bridgehead atoms. The summed E-state index contributed by atoms with van der Waals surface area (Å²) in [7, 11) is 0. The monoisotopic (exact) mass is 368 g/mol. The van der Waals surface area contributed by atoms with E-state index < -0.39 is 0 Å². The third kappa shape index (κ3) is 2.76. The number of hydrogen-bond acceptors (Lipinski definition) is 1. The van der Waals surface area contributed by atoms with Crippen LogP contribution in [0.15, 0.2) is 66.7 Å². The molecule has 4 aromatic carbocycles. The van der Waals surface area contributed by atoms with Gasteiger partial charge in [-0.3, -0.25) is 4.79 Å². The molecule has 2 aliphatic carbocycles. The average molecular weight is 369 g/mol. The Kier molecular flexibility index (Phi) is 4.02. The van der Waals surface area contributed by atoms with E-state index in [2.05, 4.69) is 61.2 Å². The van der Waals surface area contributed by atoms with Crippen LogP contribution in [0.3, 0.4) is 0 Å². The van der Waals surface area contributed by atoms with Gasteiger partial charge in [-0.2, -0.15) is 0 Å². The van der Waals surface area contributed by atoms with Crippen molar-refractivity contribution in [1.29, 1.82) is 0 Å². The van der Waals surface area contributed by atoms with Crippen molar-refractivity contribution in [3.63, 3.8) is 0 Å². The van der Waals surface area contributed by atoms with Crippen molar-refractivity contribution in [2.24, 2.45) is 0 Å². The third-order valence-electron chi connectivity index (χ3n) is 5.85. The molecule has 0 heterocycles. The quantitative estimate of drug-likeness (QED) is 0.411. The lowest BCUT2D eigenvalue weighted by Crippen LogP contribution is -1.92. The molecule has 0 aliphatic heterocycles. The molecule has 1 nitrogen and oxygen atoms in total. The Morgan fingerprint density at radius 3 is 1.74 bits per heavy atom. The summed E-state index contributed by atoms with van der Waals surface area (Å²) in [6.07, 6.45) is 4.65. The summed E-state index contributed by atoms with van der Waals surface area (Å²) in [5, 5.41) is 5.10. The van der Waals surface area contributed by atoms with Gasteiger partial charge in [0.05, 0.1) is 0 Å².